The predicted octanol–water partition coefficient (Wildman–Crippen LogP) is 3.66. The maximum absolute atomic E-state index is 14.3. The molecule has 42 heavy (non-hydrogen) atoms. The lowest BCUT2D eigenvalue weighted by Crippen LogP contribution is -2.60. The van der Waals surface area contributed by atoms with Crippen molar-refractivity contribution in [3.63, 3.8) is 0 Å². The molecule has 0 bridgehead atoms. The molecule has 234 valence electrons. The maximum atomic E-state index is 14.3. The summed E-state index contributed by atoms with van der Waals surface area (Å²) in [5, 5.41) is 2.62. The molecule has 3 aliphatic rings. The van der Waals surface area contributed by atoms with Gasteiger partial charge in [-0.2, -0.15) is 0 Å². The van der Waals surface area contributed by atoms with Gasteiger partial charge in [0, 0.05) is 12.3 Å². The number of Topliss-reactive ketones (excluding diaryl/α,β-unsaturated/α-hetero) is 1. The summed E-state index contributed by atoms with van der Waals surface area (Å²) in [5.74, 6) is -3.20. The van der Waals surface area contributed by atoms with Crippen molar-refractivity contribution < 1.29 is 43.0 Å². The second-order valence-corrected chi connectivity index (χ2v) is 13.1. The van der Waals surface area contributed by atoms with Gasteiger partial charge in [-0.05, 0) is 74.1 Å². The van der Waals surface area contributed by atoms with E-state index in [1.165, 1.54) is 0 Å². The molecule has 0 aromatic rings. The number of rotatable bonds is 3. The first-order valence-electron chi connectivity index (χ1n) is 14.7. The van der Waals surface area contributed by atoms with E-state index in [9.17, 15) is 28.8 Å². The molecule has 12 nitrogen and oxygen atoms in total. The number of carbonyl (C=O) groups is 6. The second kappa shape index (κ2) is 12.8. The third-order valence-electron chi connectivity index (χ3n) is 7.24. The maximum Gasteiger partial charge on any atom is 0.418 e. The molecule has 3 rings (SSSR count). The summed E-state index contributed by atoms with van der Waals surface area (Å²) in [5.41, 5.74) is -3.48. The van der Waals surface area contributed by atoms with Crippen LogP contribution in [0.3, 0.4) is 0 Å². The normalized spacial score (nSPS) is 28.1. The molecule has 1 N–H and O–H groups in total. The van der Waals surface area contributed by atoms with Crippen molar-refractivity contribution in [2.45, 2.75) is 122 Å². The second-order valence-electron chi connectivity index (χ2n) is 13.1. The highest BCUT2D eigenvalue weighted by atomic mass is 16.6. The fraction of sp³-hybridized carbons (Fsp3) is 0.733. The van der Waals surface area contributed by atoms with Crippen molar-refractivity contribution in [1.29, 1.82) is 0 Å². The highest BCUT2D eigenvalue weighted by molar-refractivity contribution is 6.07. The van der Waals surface area contributed by atoms with Gasteiger partial charge in [-0.25, -0.2) is 19.3 Å². The van der Waals surface area contributed by atoms with Crippen LogP contribution in [-0.2, 0) is 33.4 Å². The number of nitrogens with one attached hydrogen (secondary N) is 1. The topological polar surface area (TPSA) is 149 Å². The smallest absolute Gasteiger partial charge is 0.418 e. The first-order valence-corrected chi connectivity index (χ1v) is 14.7. The molecule has 12 heteroatoms. The summed E-state index contributed by atoms with van der Waals surface area (Å²) >= 11 is 0. The lowest BCUT2D eigenvalue weighted by atomic mass is 10.0. The number of amides is 4. The number of ketones is 1. The van der Waals surface area contributed by atoms with Crippen LogP contribution >= 0.6 is 0 Å². The lowest BCUT2D eigenvalue weighted by Gasteiger charge is -2.35. The Labute approximate surface area is 247 Å². The Morgan fingerprint density at radius 2 is 1.64 bits per heavy atom. The third-order valence-corrected chi connectivity index (χ3v) is 7.24. The zero-order chi connectivity index (χ0) is 31.5. The number of alkyl carbamates (subject to hydrolysis) is 1. The monoisotopic (exact) mass is 591 g/mol. The van der Waals surface area contributed by atoms with Crippen LogP contribution in [-0.4, -0.2) is 87.5 Å². The Kier molecular flexibility index (Phi) is 10.1. The number of esters is 1. The standard InChI is InChI=1S/C30H45N3O9/c1-8-40-25(37)30-17-19(30)14-12-10-9-11-13-15-21(31-26(38)41-28(2,3)4)23(35)32-18-20(34)16-22(32)24(36)33(30)27(39)42-29(5,6)7/h12,14,19,21-22H,8-11,13,15-18H2,1-7H3,(H,31,38)/b14-12-/t19?,21-,22-,30+/m0/s1. The van der Waals surface area contributed by atoms with E-state index in [0.29, 0.717) is 12.8 Å². The summed E-state index contributed by atoms with van der Waals surface area (Å²) in [6.45, 7) is 11.3. The molecule has 0 spiro atoms. The van der Waals surface area contributed by atoms with Gasteiger partial charge in [0.05, 0.1) is 13.2 Å². The zero-order valence-electron chi connectivity index (χ0n) is 25.8. The summed E-state index contributed by atoms with van der Waals surface area (Å²) in [6.07, 6.45) is 4.73. The van der Waals surface area contributed by atoms with Crippen molar-refractivity contribution in [3.05, 3.63) is 12.2 Å². The van der Waals surface area contributed by atoms with E-state index >= 15 is 0 Å². The van der Waals surface area contributed by atoms with Crippen molar-refractivity contribution in [2.24, 2.45) is 5.92 Å². The molecule has 2 aliphatic heterocycles. The molecule has 1 aliphatic carbocycles. The van der Waals surface area contributed by atoms with Gasteiger partial charge >= 0.3 is 18.2 Å². The van der Waals surface area contributed by atoms with E-state index in [1.807, 2.05) is 12.2 Å². The predicted molar refractivity (Wildman–Crippen MR) is 151 cm³/mol. The molecule has 0 radical (unpaired) electrons. The van der Waals surface area contributed by atoms with E-state index in [4.69, 9.17) is 14.2 Å². The average molecular weight is 592 g/mol. The fourth-order valence-corrected chi connectivity index (χ4v) is 5.35. The van der Waals surface area contributed by atoms with E-state index < -0.39 is 64.7 Å². The van der Waals surface area contributed by atoms with Crippen LogP contribution in [0.4, 0.5) is 9.59 Å². The molecule has 2 fully saturated rings. The van der Waals surface area contributed by atoms with Crippen LogP contribution in [0.1, 0.15) is 93.4 Å². The summed E-state index contributed by atoms with van der Waals surface area (Å²) in [4.78, 5) is 82.5. The Bertz CT molecular complexity index is 1120. The van der Waals surface area contributed by atoms with Crippen LogP contribution in [0.15, 0.2) is 12.2 Å². The van der Waals surface area contributed by atoms with E-state index in [1.54, 1.807) is 48.5 Å². The molecule has 1 unspecified atom stereocenters. The first-order chi connectivity index (χ1) is 19.5. The largest absolute Gasteiger partial charge is 0.464 e. The zero-order valence-corrected chi connectivity index (χ0v) is 25.8. The summed E-state index contributed by atoms with van der Waals surface area (Å²) in [7, 11) is 0. The van der Waals surface area contributed by atoms with Crippen molar-refractivity contribution >= 4 is 35.8 Å². The van der Waals surface area contributed by atoms with Crippen LogP contribution in [0.2, 0.25) is 0 Å². The van der Waals surface area contributed by atoms with Gasteiger partial charge < -0.3 is 24.4 Å². The highest BCUT2D eigenvalue weighted by Gasteiger charge is 2.69. The Morgan fingerprint density at radius 3 is 2.26 bits per heavy atom. The van der Waals surface area contributed by atoms with Crippen LogP contribution in [0.5, 0.6) is 0 Å². The van der Waals surface area contributed by atoms with Gasteiger partial charge in [-0.15, -0.1) is 0 Å². The van der Waals surface area contributed by atoms with Gasteiger partial charge in [-0.3, -0.25) is 14.4 Å². The van der Waals surface area contributed by atoms with Gasteiger partial charge in [0.1, 0.15) is 23.3 Å². The minimum absolute atomic E-state index is 0.0257. The van der Waals surface area contributed by atoms with Gasteiger partial charge in [0.15, 0.2) is 11.3 Å². The molecule has 0 aromatic carbocycles. The van der Waals surface area contributed by atoms with Crippen molar-refractivity contribution in [3.8, 4) is 0 Å². The SMILES string of the molecule is CCOC(=O)[C@@]12CC1/C=C\CCCCC[C@H](NC(=O)OC(C)(C)C)C(=O)N1CC(=O)C[C@H]1C(=O)N2C(=O)OC(C)(C)C. The number of carbonyl (C=O) groups excluding carboxylic acids is 6. The Hall–Kier alpha value is -3.44. The quantitative estimate of drug-likeness (QED) is 0.295. The van der Waals surface area contributed by atoms with Gasteiger partial charge in [0.25, 0.3) is 5.91 Å². The molecule has 4 amide bonds. The number of hydrogen-bond donors (Lipinski definition) is 1. The molecule has 1 saturated carbocycles. The number of ether oxygens (including phenoxy) is 3. The molecule has 4 atom stereocenters. The number of hydrogen-bond acceptors (Lipinski definition) is 9. The van der Waals surface area contributed by atoms with Crippen LogP contribution in [0.25, 0.3) is 0 Å². The average Bonchev–Trinajstić information content (AvgIpc) is 3.42. The molecular weight excluding hydrogens is 546 g/mol. The van der Waals surface area contributed by atoms with E-state index in [-0.39, 0.29) is 38.2 Å². The minimum atomic E-state index is -1.67. The summed E-state index contributed by atoms with van der Waals surface area (Å²) in [6, 6.07) is -2.44. The molecular formula is C30H45N3O9. The Balaban J connectivity index is 2.06. The van der Waals surface area contributed by atoms with Gasteiger partial charge in [0.2, 0.25) is 5.91 Å². The van der Waals surface area contributed by atoms with E-state index in [2.05, 4.69) is 5.32 Å². The van der Waals surface area contributed by atoms with Crippen molar-refractivity contribution in [1.82, 2.24) is 15.1 Å². The highest BCUT2D eigenvalue weighted by Crippen LogP contribution is 2.52. The number of nitrogens with zero attached hydrogens (tertiary/aromatic N) is 2. The van der Waals surface area contributed by atoms with Crippen LogP contribution in [0, 0.1) is 5.92 Å². The summed E-state index contributed by atoms with van der Waals surface area (Å²) < 4.78 is 16.3. The Morgan fingerprint density at radius 1 is 0.976 bits per heavy atom. The minimum Gasteiger partial charge on any atom is -0.464 e. The van der Waals surface area contributed by atoms with Crippen LogP contribution < -0.4 is 5.32 Å². The number of allylic oxidation sites excluding steroid dienone is 1. The van der Waals surface area contributed by atoms with Gasteiger partial charge in [-0.1, -0.05) is 25.0 Å². The molecule has 0 aromatic heterocycles. The molecule has 1 saturated heterocycles. The van der Waals surface area contributed by atoms with E-state index in [0.717, 1.165) is 22.6 Å². The first kappa shape index (κ1) is 33.1. The fourth-order valence-electron chi connectivity index (χ4n) is 5.35. The number of fused-ring (bicyclic) bond motifs is 2. The number of imide groups is 1. The molecule has 2 heterocycles. The van der Waals surface area contributed by atoms with Crippen molar-refractivity contribution in [2.75, 3.05) is 13.2 Å². The third kappa shape index (κ3) is 7.89. The lowest BCUT2D eigenvalue weighted by molar-refractivity contribution is -0.159.